The average molecular weight is 421 g/mol. The molecule has 1 aromatic carbocycles. The Balaban J connectivity index is 1.70. The third kappa shape index (κ3) is 5.64. The Morgan fingerprint density at radius 2 is 1.93 bits per heavy atom. The summed E-state index contributed by atoms with van der Waals surface area (Å²) in [5.41, 5.74) is 0.498. The van der Waals surface area contributed by atoms with Crippen molar-refractivity contribution in [2.75, 3.05) is 53.6 Å². The fourth-order valence-corrected chi connectivity index (χ4v) is 3.85. The lowest BCUT2D eigenvalue weighted by Gasteiger charge is -2.35. The highest BCUT2D eigenvalue weighted by molar-refractivity contribution is 5.95. The summed E-state index contributed by atoms with van der Waals surface area (Å²) in [5.74, 6) is 0.700. The topological polar surface area (TPSA) is 77.5 Å². The lowest BCUT2D eigenvalue weighted by atomic mass is 10.1. The third-order valence-electron chi connectivity index (χ3n) is 5.57. The van der Waals surface area contributed by atoms with Gasteiger partial charge in [-0.25, -0.2) is 0 Å². The Kier molecular flexibility index (Phi) is 7.93. The summed E-state index contributed by atoms with van der Waals surface area (Å²) in [4.78, 5) is 29.1. The van der Waals surface area contributed by atoms with Crippen LogP contribution in [0.1, 0.15) is 36.5 Å². The van der Waals surface area contributed by atoms with E-state index in [1.54, 1.807) is 37.1 Å². The SMILES string of the molecule is CCOC(=O)CC1COCCN1C(=O)c1ccc(OC2CCN(C)CC2)c(OC)c1. The van der Waals surface area contributed by atoms with Crippen LogP contribution in [0.5, 0.6) is 11.5 Å². The number of rotatable bonds is 7. The number of amides is 1. The number of morpholine rings is 1. The highest BCUT2D eigenvalue weighted by atomic mass is 16.5. The number of esters is 1. The van der Waals surface area contributed by atoms with Crippen LogP contribution in [-0.4, -0.2) is 87.4 Å². The van der Waals surface area contributed by atoms with Gasteiger partial charge in [0.25, 0.3) is 5.91 Å². The highest BCUT2D eigenvalue weighted by Crippen LogP contribution is 2.31. The third-order valence-corrected chi connectivity index (χ3v) is 5.57. The van der Waals surface area contributed by atoms with Crippen molar-refractivity contribution >= 4 is 11.9 Å². The molecule has 1 amide bonds. The summed E-state index contributed by atoms with van der Waals surface area (Å²) in [6, 6.07) is 4.92. The maximum absolute atomic E-state index is 13.2. The van der Waals surface area contributed by atoms with Crippen molar-refractivity contribution in [3.8, 4) is 11.5 Å². The van der Waals surface area contributed by atoms with Gasteiger partial charge in [-0.1, -0.05) is 0 Å². The number of hydrogen-bond donors (Lipinski definition) is 0. The van der Waals surface area contributed by atoms with E-state index in [0.29, 0.717) is 43.4 Å². The molecule has 0 radical (unpaired) electrons. The fraction of sp³-hybridized carbons (Fsp3) is 0.636. The van der Waals surface area contributed by atoms with E-state index in [1.807, 2.05) is 0 Å². The lowest BCUT2D eigenvalue weighted by molar-refractivity contribution is -0.145. The normalized spacial score (nSPS) is 20.6. The van der Waals surface area contributed by atoms with Crippen LogP contribution in [0.3, 0.4) is 0 Å². The molecule has 0 N–H and O–H groups in total. The zero-order valence-electron chi connectivity index (χ0n) is 18.1. The van der Waals surface area contributed by atoms with Crippen LogP contribution in [0.15, 0.2) is 18.2 Å². The second kappa shape index (κ2) is 10.6. The molecule has 0 aliphatic carbocycles. The first-order valence-electron chi connectivity index (χ1n) is 10.6. The van der Waals surface area contributed by atoms with Crippen molar-refractivity contribution < 1.29 is 28.5 Å². The second-order valence-electron chi connectivity index (χ2n) is 7.72. The quantitative estimate of drug-likeness (QED) is 0.624. The molecule has 0 bridgehead atoms. The number of nitrogens with zero attached hydrogens (tertiary/aromatic N) is 2. The van der Waals surface area contributed by atoms with E-state index < -0.39 is 0 Å². The molecule has 1 unspecified atom stereocenters. The minimum atomic E-state index is -0.341. The number of ether oxygens (including phenoxy) is 4. The van der Waals surface area contributed by atoms with Gasteiger partial charge in [0.15, 0.2) is 11.5 Å². The van der Waals surface area contributed by atoms with Gasteiger partial charge in [-0.05, 0) is 45.0 Å². The van der Waals surface area contributed by atoms with Gasteiger partial charge in [-0.15, -0.1) is 0 Å². The van der Waals surface area contributed by atoms with Crippen LogP contribution in [0.25, 0.3) is 0 Å². The molecular weight excluding hydrogens is 388 g/mol. The number of hydrogen-bond acceptors (Lipinski definition) is 7. The maximum atomic E-state index is 13.2. The van der Waals surface area contributed by atoms with Crippen molar-refractivity contribution in [2.45, 2.75) is 38.3 Å². The van der Waals surface area contributed by atoms with Gasteiger partial charge in [0.05, 0.1) is 39.4 Å². The first-order chi connectivity index (χ1) is 14.5. The largest absolute Gasteiger partial charge is 0.493 e. The van der Waals surface area contributed by atoms with Crippen molar-refractivity contribution in [1.29, 1.82) is 0 Å². The molecule has 2 heterocycles. The molecule has 0 aromatic heterocycles. The summed E-state index contributed by atoms with van der Waals surface area (Å²) in [5, 5.41) is 0. The predicted molar refractivity (Wildman–Crippen MR) is 111 cm³/mol. The lowest BCUT2D eigenvalue weighted by Crippen LogP contribution is -2.49. The van der Waals surface area contributed by atoms with E-state index in [9.17, 15) is 9.59 Å². The molecule has 0 spiro atoms. The summed E-state index contributed by atoms with van der Waals surface area (Å²) in [6.07, 6.45) is 2.19. The molecule has 30 heavy (non-hydrogen) atoms. The van der Waals surface area contributed by atoms with Crippen LogP contribution >= 0.6 is 0 Å². The summed E-state index contributed by atoms with van der Waals surface area (Å²) >= 11 is 0. The standard InChI is InChI=1S/C22H32N2O6/c1-4-29-21(25)14-17-15-28-12-11-24(17)22(26)16-5-6-19(20(13-16)27-3)30-18-7-9-23(2)10-8-18/h5-6,13,17-18H,4,7-12,14-15H2,1-3H3. The molecule has 1 aromatic rings. The van der Waals surface area contributed by atoms with E-state index in [-0.39, 0.29) is 30.4 Å². The first-order valence-corrected chi connectivity index (χ1v) is 10.6. The van der Waals surface area contributed by atoms with Crippen molar-refractivity contribution in [3.05, 3.63) is 23.8 Å². The smallest absolute Gasteiger partial charge is 0.307 e. The van der Waals surface area contributed by atoms with Crippen LogP contribution in [0, 0.1) is 0 Å². The molecule has 8 heteroatoms. The number of piperidine rings is 1. The molecule has 2 aliphatic rings. The Labute approximate surface area is 178 Å². The van der Waals surface area contributed by atoms with Gasteiger partial charge in [-0.3, -0.25) is 9.59 Å². The van der Waals surface area contributed by atoms with E-state index in [0.717, 1.165) is 25.9 Å². The van der Waals surface area contributed by atoms with Crippen LogP contribution < -0.4 is 9.47 Å². The molecule has 1 atom stereocenters. The van der Waals surface area contributed by atoms with Gasteiger partial charge in [0.1, 0.15) is 6.10 Å². The van der Waals surface area contributed by atoms with E-state index in [4.69, 9.17) is 18.9 Å². The monoisotopic (exact) mass is 420 g/mol. The minimum Gasteiger partial charge on any atom is -0.493 e. The molecular formula is C22H32N2O6. The van der Waals surface area contributed by atoms with Crippen molar-refractivity contribution in [1.82, 2.24) is 9.80 Å². The van der Waals surface area contributed by atoms with Gasteiger partial charge in [-0.2, -0.15) is 0 Å². The molecule has 0 saturated carbocycles. The molecule has 166 valence electrons. The fourth-order valence-electron chi connectivity index (χ4n) is 3.85. The maximum Gasteiger partial charge on any atom is 0.307 e. The molecule has 2 saturated heterocycles. The molecule has 8 nitrogen and oxygen atoms in total. The number of benzene rings is 1. The van der Waals surface area contributed by atoms with Crippen LogP contribution in [0.2, 0.25) is 0 Å². The van der Waals surface area contributed by atoms with Gasteiger partial charge >= 0.3 is 5.97 Å². The van der Waals surface area contributed by atoms with Crippen LogP contribution in [0.4, 0.5) is 0 Å². The van der Waals surface area contributed by atoms with Crippen LogP contribution in [-0.2, 0) is 14.3 Å². The zero-order valence-corrected chi connectivity index (χ0v) is 18.1. The molecule has 2 aliphatic heterocycles. The van der Waals surface area contributed by atoms with Gasteiger partial charge < -0.3 is 28.7 Å². The number of carbonyl (C=O) groups is 2. The van der Waals surface area contributed by atoms with Gasteiger partial charge in [0, 0.05) is 25.2 Å². The number of methoxy groups -OCH3 is 1. The number of carbonyl (C=O) groups excluding carboxylic acids is 2. The first kappa shape index (κ1) is 22.4. The summed E-state index contributed by atoms with van der Waals surface area (Å²) < 4.78 is 22.2. The molecule has 2 fully saturated rings. The predicted octanol–water partition coefficient (Wildman–Crippen LogP) is 1.96. The molecule has 3 rings (SSSR count). The Morgan fingerprint density at radius 3 is 2.63 bits per heavy atom. The van der Waals surface area contributed by atoms with Crippen molar-refractivity contribution in [3.63, 3.8) is 0 Å². The van der Waals surface area contributed by atoms with Crippen molar-refractivity contribution in [2.24, 2.45) is 0 Å². The Bertz CT molecular complexity index is 732. The Hall–Kier alpha value is -2.32. The summed E-state index contributed by atoms with van der Waals surface area (Å²) in [6.45, 7) is 5.28. The minimum absolute atomic E-state index is 0.119. The number of likely N-dealkylation sites (tertiary alicyclic amines) is 1. The zero-order chi connectivity index (χ0) is 21.5. The Morgan fingerprint density at radius 1 is 1.17 bits per heavy atom. The van der Waals surface area contributed by atoms with E-state index in [1.165, 1.54) is 0 Å². The second-order valence-corrected chi connectivity index (χ2v) is 7.72. The highest BCUT2D eigenvalue weighted by Gasteiger charge is 2.31. The summed E-state index contributed by atoms with van der Waals surface area (Å²) in [7, 11) is 3.68. The van der Waals surface area contributed by atoms with Gasteiger partial charge in [0.2, 0.25) is 0 Å². The average Bonchev–Trinajstić information content (AvgIpc) is 2.75. The van der Waals surface area contributed by atoms with E-state index in [2.05, 4.69) is 11.9 Å². The van der Waals surface area contributed by atoms with E-state index >= 15 is 0 Å².